The van der Waals surface area contributed by atoms with Gasteiger partial charge in [0.25, 0.3) is 5.91 Å². The summed E-state index contributed by atoms with van der Waals surface area (Å²) in [5, 5.41) is 6.37. The Balaban J connectivity index is 1.53. The van der Waals surface area contributed by atoms with Gasteiger partial charge in [0.15, 0.2) is 0 Å². The van der Waals surface area contributed by atoms with Crippen molar-refractivity contribution in [3.8, 4) is 0 Å². The second-order valence-electron chi connectivity index (χ2n) is 9.30. The van der Waals surface area contributed by atoms with E-state index in [2.05, 4.69) is 15.5 Å². The molecular weight excluding hydrogens is 464 g/mol. The molecule has 1 heterocycles. The average Bonchev–Trinajstić information content (AvgIpc) is 2.86. The summed E-state index contributed by atoms with van der Waals surface area (Å²) in [5.41, 5.74) is 7.73. The van der Waals surface area contributed by atoms with Gasteiger partial charge in [-0.05, 0) is 80.2 Å². The Bertz CT molecular complexity index is 1000. The van der Waals surface area contributed by atoms with Crippen molar-refractivity contribution in [1.29, 1.82) is 0 Å². The summed E-state index contributed by atoms with van der Waals surface area (Å²) in [7, 11) is 0. The number of nitrogens with one attached hydrogen (secondary N) is 2. The van der Waals surface area contributed by atoms with E-state index in [1.165, 1.54) is 5.56 Å². The molecule has 4 N–H and O–H groups in total. The van der Waals surface area contributed by atoms with Crippen LogP contribution in [0.15, 0.2) is 48.5 Å². The highest BCUT2D eigenvalue weighted by Gasteiger charge is 2.26. The van der Waals surface area contributed by atoms with Gasteiger partial charge < -0.3 is 21.3 Å². The first-order chi connectivity index (χ1) is 16.8. The first-order valence-corrected chi connectivity index (χ1v) is 12.6. The molecule has 1 aliphatic heterocycles. The molecule has 0 radical (unpaired) electrons. The molecule has 8 heteroatoms. The Morgan fingerprint density at radius 2 is 1.69 bits per heavy atom. The first-order valence-electron chi connectivity index (χ1n) is 12.2. The van der Waals surface area contributed by atoms with E-state index in [9.17, 15) is 14.4 Å². The Morgan fingerprint density at radius 3 is 2.26 bits per heavy atom. The minimum Gasteiger partial charge on any atom is -0.369 e. The summed E-state index contributed by atoms with van der Waals surface area (Å²) in [6.45, 7) is 6.64. The van der Waals surface area contributed by atoms with E-state index in [0.717, 1.165) is 45.3 Å². The summed E-state index contributed by atoms with van der Waals surface area (Å²) in [6, 6.07) is 13.7. The summed E-state index contributed by atoms with van der Waals surface area (Å²) in [4.78, 5) is 39.4. The Kier molecular flexibility index (Phi) is 9.69. The van der Waals surface area contributed by atoms with Crippen molar-refractivity contribution in [2.24, 2.45) is 17.6 Å². The predicted molar refractivity (Wildman–Crippen MR) is 139 cm³/mol. The average molecular weight is 499 g/mol. The van der Waals surface area contributed by atoms with Gasteiger partial charge >= 0.3 is 0 Å². The van der Waals surface area contributed by atoms with Gasteiger partial charge in [-0.3, -0.25) is 14.4 Å². The van der Waals surface area contributed by atoms with Crippen molar-refractivity contribution in [3.63, 3.8) is 0 Å². The second-order valence-corrected chi connectivity index (χ2v) is 9.73. The SMILES string of the molecule is CCC(C)C(NC(=O)c1ccc(Cl)cc1)C(=O)Nc1ccc(CCN2CCC(C(N)=O)CC2)cc1. The van der Waals surface area contributed by atoms with Crippen molar-refractivity contribution in [3.05, 3.63) is 64.7 Å². The number of primary amides is 1. The van der Waals surface area contributed by atoms with Crippen LogP contribution in [0.4, 0.5) is 5.69 Å². The third-order valence-corrected chi connectivity index (χ3v) is 7.07. The largest absolute Gasteiger partial charge is 0.369 e. The molecule has 3 rings (SSSR count). The molecule has 188 valence electrons. The number of carbonyl (C=O) groups excluding carboxylic acids is 3. The summed E-state index contributed by atoms with van der Waals surface area (Å²) >= 11 is 5.91. The number of nitrogens with two attached hydrogens (primary N) is 1. The third-order valence-electron chi connectivity index (χ3n) is 6.82. The molecule has 2 atom stereocenters. The number of rotatable bonds is 10. The first kappa shape index (κ1) is 26.7. The van der Waals surface area contributed by atoms with Crippen LogP contribution in [0, 0.1) is 11.8 Å². The monoisotopic (exact) mass is 498 g/mol. The van der Waals surface area contributed by atoms with Crippen LogP contribution in [-0.4, -0.2) is 48.3 Å². The number of likely N-dealkylation sites (tertiary alicyclic amines) is 1. The Hall–Kier alpha value is -2.90. The van der Waals surface area contributed by atoms with E-state index >= 15 is 0 Å². The van der Waals surface area contributed by atoms with Crippen LogP contribution >= 0.6 is 11.6 Å². The number of halogens is 1. The van der Waals surface area contributed by atoms with Gasteiger partial charge in [0.1, 0.15) is 6.04 Å². The van der Waals surface area contributed by atoms with Crippen LogP contribution in [0.3, 0.4) is 0 Å². The minimum absolute atomic E-state index is 0.00405. The van der Waals surface area contributed by atoms with Crippen molar-refractivity contribution in [2.45, 2.75) is 45.6 Å². The lowest BCUT2D eigenvalue weighted by Gasteiger charge is -2.30. The lowest BCUT2D eigenvalue weighted by atomic mass is 9.96. The molecule has 7 nitrogen and oxygen atoms in total. The van der Waals surface area contributed by atoms with Crippen LogP contribution in [0.2, 0.25) is 5.02 Å². The summed E-state index contributed by atoms with van der Waals surface area (Å²) < 4.78 is 0. The highest BCUT2D eigenvalue weighted by atomic mass is 35.5. The van der Waals surface area contributed by atoms with E-state index in [0.29, 0.717) is 16.3 Å². The molecule has 2 unspecified atom stereocenters. The number of anilines is 1. The van der Waals surface area contributed by atoms with Crippen LogP contribution in [0.25, 0.3) is 0 Å². The molecule has 0 aromatic heterocycles. The number of hydrogen-bond donors (Lipinski definition) is 3. The smallest absolute Gasteiger partial charge is 0.251 e. The second kappa shape index (κ2) is 12.7. The van der Waals surface area contributed by atoms with Gasteiger partial charge in [-0.1, -0.05) is 44.0 Å². The standard InChI is InChI=1S/C27H35ClN4O3/c1-3-18(2)24(31-26(34)21-6-8-22(28)9-7-21)27(35)30-23-10-4-19(5-11-23)12-15-32-16-13-20(14-17-32)25(29)33/h4-11,18,20,24H,3,12-17H2,1-2H3,(H2,29,33)(H,30,35)(H,31,34). The van der Waals surface area contributed by atoms with Crippen LogP contribution < -0.4 is 16.4 Å². The molecule has 3 amide bonds. The lowest BCUT2D eigenvalue weighted by Crippen LogP contribution is -2.47. The molecule has 2 aromatic carbocycles. The maximum Gasteiger partial charge on any atom is 0.251 e. The summed E-state index contributed by atoms with van der Waals surface area (Å²) in [5.74, 6) is -0.778. The fraction of sp³-hybridized carbons (Fsp3) is 0.444. The molecule has 0 bridgehead atoms. The topological polar surface area (TPSA) is 105 Å². The van der Waals surface area contributed by atoms with Crippen molar-refractivity contribution in [1.82, 2.24) is 10.2 Å². The normalized spacial score (nSPS) is 16.3. The number of piperidine rings is 1. The van der Waals surface area contributed by atoms with Gasteiger partial charge in [-0.2, -0.15) is 0 Å². The van der Waals surface area contributed by atoms with E-state index in [1.54, 1.807) is 24.3 Å². The molecule has 0 saturated carbocycles. The van der Waals surface area contributed by atoms with E-state index in [4.69, 9.17) is 17.3 Å². The molecule has 35 heavy (non-hydrogen) atoms. The molecule has 0 aliphatic carbocycles. The third kappa shape index (κ3) is 7.80. The molecular formula is C27H35ClN4O3. The van der Waals surface area contributed by atoms with Gasteiger partial charge in [0.05, 0.1) is 0 Å². The fourth-order valence-corrected chi connectivity index (χ4v) is 4.36. The van der Waals surface area contributed by atoms with E-state index in [1.807, 2.05) is 38.1 Å². The molecule has 1 aliphatic rings. The van der Waals surface area contributed by atoms with E-state index < -0.39 is 6.04 Å². The van der Waals surface area contributed by atoms with Crippen molar-refractivity contribution in [2.75, 3.05) is 25.0 Å². The maximum absolute atomic E-state index is 13.0. The van der Waals surface area contributed by atoms with Crippen molar-refractivity contribution >= 4 is 35.0 Å². The van der Waals surface area contributed by atoms with Gasteiger partial charge in [-0.25, -0.2) is 0 Å². The molecule has 0 spiro atoms. The molecule has 1 saturated heterocycles. The zero-order valence-corrected chi connectivity index (χ0v) is 21.2. The van der Waals surface area contributed by atoms with Gasteiger partial charge in [-0.15, -0.1) is 0 Å². The minimum atomic E-state index is -0.661. The lowest BCUT2D eigenvalue weighted by molar-refractivity contribution is -0.123. The van der Waals surface area contributed by atoms with Crippen LogP contribution in [0.5, 0.6) is 0 Å². The number of nitrogens with zero attached hydrogens (tertiary/aromatic N) is 1. The number of benzene rings is 2. The number of hydrogen-bond acceptors (Lipinski definition) is 4. The predicted octanol–water partition coefficient (Wildman–Crippen LogP) is 3.86. The van der Waals surface area contributed by atoms with E-state index in [-0.39, 0.29) is 29.6 Å². The number of carbonyl (C=O) groups is 3. The highest BCUT2D eigenvalue weighted by molar-refractivity contribution is 6.30. The quantitative estimate of drug-likeness (QED) is 0.462. The Labute approximate surface area is 212 Å². The van der Waals surface area contributed by atoms with Crippen LogP contribution in [-0.2, 0) is 16.0 Å². The molecule has 1 fully saturated rings. The van der Waals surface area contributed by atoms with Gasteiger partial charge in [0, 0.05) is 28.7 Å². The fourth-order valence-electron chi connectivity index (χ4n) is 4.23. The Morgan fingerprint density at radius 1 is 1.06 bits per heavy atom. The maximum atomic E-state index is 13.0. The van der Waals surface area contributed by atoms with Crippen molar-refractivity contribution < 1.29 is 14.4 Å². The van der Waals surface area contributed by atoms with Gasteiger partial charge in [0.2, 0.25) is 11.8 Å². The zero-order chi connectivity index (χ0) is 25.4. The number of amides is 3. The van der Waals surface area contributed by atoms with Crippen LogP contribution in [0.1, 0.15) is 49.0 Å². The zero-order valence-electron chi connectivity index (χ0n) is 20.4. The molecule has 2 aromatic rings. The summed E-state index contributed by atoms with van der Waals surface area (Å²) in [6.07, 6.45) is 3.29. The highest BCUT2D eigenvalue weighted by Crippen LogP contribution is 2.18.